The monoisotopic (exact) mass is 333 g/mol. The van der Waals surface area contributed by atoms with Crippen LogP contribution in [0.15, 0.2) is 54.6 Å². The molecule has 126 valence electrons. The van der Waals surface area contributed by atoms with Crippen LogP contribution < -0.4 is 0 Å². The van der Waals surface area contributed by atoms with Crippen molar-refractivity contribution in [2.24, 2.45) is 0 Å². The molecule has 0 aliphatic rings. The summed E-state index contributed by atoms with van der Waals surface area (Å²) in [5, 5.41) is 25.0. The molecule has 0 saturated heterocycles. The van der Waals surface area contributed by atoms with Crippen molar-refractivity contribution in [2.75, 3.05) is 26.3 Å². The summed E-state index contributed by atoms with van der Waals surface area (Å²) in [7, 11) is 0. The lowest BCUT2D eigenvalue weighted by Gasteiger charge is -2.22. The number of rotatable bonds is 5. The van der Waals surface area contributed by atoms with Crippen LogP contribution in [0, 0.1) is 0 Å². The van der Waals surface area contributed by atoms with E-state index in [9.17, 15) is 15.0 Å². The highest BCUT2D eigenvalue weighted by molar-refractivity contribution is 6.26. The van der Waals surface area contributed by atoms with Gasteiger partial charge in [0, 0.05) is 18.7 Å². The van der Waals surface area contributed by atoms with Crippen molar-refractivity contribution in [3.63, 3.8) is 0 Å². The Kier molecular flexibility index (Phi) is 3.99. The third-order valence-corrected chi connectivity index (χ3v) is 4.79. The summed E-state index contributed by atoms with van der Waals surface area (Å²) in [5.74, 6) is -0.166. The summed E-state index contributed by atoms with van der Waals surface area (Å²) in [6.45, 7) is 0.165. The van der Waals surface area contributed by atoms with Gasteiger partial charge < -0.3 is 15.1 Å². The second kappa shape index (κ2) is 6.31. The third-order valence-electron chi connectivity index (χ3n) is 4.79. The van der Waals surface area contributed by atoms with Crippen molar-refractivity contribution in [1.29, 1.82) is 0 Å². The van der Waals surface area contributed by atoms with Gasteiger partial charge in [0.05, 0.1) is 13.2 Å². The Bertz CT molecular complexity index is 1040. The Labute approximate surface area is 145 Å². The van der Waals surface area contributed by atoms with E-state index in [-0.39, 0.29) is 32.2 Å². The molecule has 4 aromatic carbocycles. The molecule has 0 radical (unpaired) electrons. The normalized spacial score (nSPS) is 11.6. The lowest BCUT2D eigenvalue weighted by atomic mass is 9.91. The Balaban J connectivity index is 1.97. The van der Waals surface area contributed by atoms with Gasteiger partial charge in [-0.15, -0.1) is 0 Å². The first-order chi connectivity index (χ1) is 12.2. The fraction of sp³-hybridized carbons (Fsp3) is 0.190. The van der Waals surface area contributed by atoms with Gasteiger partial charge in [-0.2, -0.15) is 0 Å². The SMILES string of the molecule is O=C(c1ccc2ccc3cccc4ccc1c2c34)N(CCO)CCO. The highest BCUT2D eigenvalue weighted by atomic mass is 16.3. The lowest BCUT2D eigenvalue weighted by Crippen LogP contribution is -2.36. The average molecular weight is 333 g/mol. The molecule has 4 aromatic rings. The van der Waals surface area contributed by atoms with Crippen molar-refractivity contribution in [3.8, 4) is 0 Å². The molecule has 0 aliphatic heterocycles. The summed E-state index contributed by atoms with van der Waals surface area (Å²) >= 11 is 0. The molecule has 0 unspecified atom stereocenters. The molecule has 0 saturated carbocycles. The van der Waals surface area contributed by atoms with Crippen molar-refractivity contribution < 1.29 is 15.0 Å². The van der Waals surface area contributed by atoms with E-state index in [2.05, 4.69) is 24.3 Å². The smallest absolute Gasteiger partial charge is 0.254 e. The molecule has 25 heavy (non-hydrogen) atoms. The highest BCUT2D eigenvalue weighted by Crippen LogP contribution is 2.36. The van der Waals surface area contributed by atoms with Crippen molar-refractivity contribution in [2.45, 2.75) is 0 Å². The van der Waals surface area contributed by atoms with E-state index < -0.39 is 0 Å². The first kappa shape index (κ1) is 15.8. The zero-order chi connectivity index (χ0) is 17.4. The van der Waals surface area contributed by atoms with Crippen LogP contribution in [0.2, 0.25) is 0 Å². The zero-order valence-electron chi connectivity index (χ0n) is 13.8. The number of aliphatic hydroxyl groups is 2. The van der Waals surface area contributed by atoms with E-state index in [0.717, 1.165) is 26.9 Å². The maximum atomic E-state index is 13.0. The molecule has 0 heterocycles. The minimum atomic E-state index is -0.166. The molecule has 4 rings (SSSR count). The minimum absolute atomic E-state index is 0.127. The van der Waals surface area contributed by atoms with E-state index in [1.807, 2.05) is 30.3 Å². The highest BCUT2D eigenvalue weighted by Gasteiger charge is 2.19. The van der Waals surface area contributed by atoms with Crippen molar-refractivity contribution in [1.82, 2.24) is 4.90 Å². The number of amides is 1. The quantitative estimate of drug-likeness (QED) is 0.552. The van der Waals surface area contributed by atoms with Crippen LogP contribution in [0.25, 0.3) is 32.3 Å². The van der Waals surface area contributed by atoms with Crippen molar-refractivity contribution >= 4 is 38.2 Å². The first-order valence-electron chi connectivity index (χ1n) is 8.42. The molecular formula is C21H19NO3. The second-order valence-electron chi connectivity index (χ2n) is 6.21. The number of hydrogen-bond donors (Lipinski definition) is 2. The van der Waals surface area contributed by atoms with Gasteiger partial charge in [-0.05, 0) is 38.4 Å². The van der Waals surface area contributed by atoms with Gasteiger partial charge in [-0.1, -0.05) is 48.5 Å². The number of aliphatic hydroxyl groups excluding tert-OH is 2. The third kappa shape index (κ3) is 2.51. The second-order valence-corrected chi connectivity index (χ2v) is 6.21. The van der Waals surface area contributed by atoms with E-state index in [1.165, 1.54) is 10.3 Å². The Morgan fingerprint density at radius 1 is 0.760 bits per heavy atom. The Morgan fingerprint density at radius 3 is 1.96 bits per heavy atom. The van der Waals surface area contributed by atoms with E-state index >= 15 is 0 Å². The molecule has 0 bridgehead atoms. The topological polar surface area (TPSA) is 60.8 Å². The van der Waals surface area contributed by atoms with E-state index in [0.29, 0.717) is 5.56 Å². The number of hydrogen-bond acceptors (Lipinski definition) is 3. The van der Waals surface area contributed by atoms with Crippen molar-refractivity contribution in [3.05, 3.63) is 60.2 Å². The predicted octanol–water partition coefficient (Wildman–Crippen LogP) is 3.01. The van der Waals surface area contributed by atoms with E-state index in [1.54, 1.807) is 0 Å². The number of benzene rings is 4. The number of carbonyl (C=O) groups excluding carboxylic acids is 1. The van der Waals surface area contributed by atoms with Crippen LogP contribution in [0.3, 0.4) is 0 Å². The average Bonchev–Trinajstić information content (AvgIpc) is 2.65. The lowest BCUT2D eigenvalue weighted by molar-refractivity contribution is 0.0687. The van der Waals surface area contributed by atoms with Crippen LogP contribution in [0.4, 0.5) is 0 Å². The summed E-state index contributed by atoms with van der Waals surface area (Å²) in [4.78, 5) is 14.5. The summed E-state index contributed by atoms with van der Waals surface area (Å²) in [6.07, 6.45) is 0. The van der Waals surface area contributed by atoms with Gasteiger partial charge in [-0.3, -0.25) is 4.79 Å². The van der Waals surface area contributed by atoms with Gasteiger partial charge in [-0.25, -0.2) is 0 Å². The first-order valence-corrected chi connectivity index (χ1v) is 8.42. The molecular weight excluding hydrogens is 314 g/mol. The zero-order valence-corrected chi connectivity index (χ0v) is 13.8. The Hall–Kier alpha value is -2.69. The van der Waals surface area contributed by atoms with Crippen LogP contribution in [0.5, 0.6) is 0 Å². The van der Waals surface area contributed by atoms with Gasteiger partial charge in [0.2, 0.25) is 0 Å². The maximum Gasteiger partial charge on any atom is 0.254 e. The summed E-state index contributed by atoms with van der Waals surface area (Å²) in [5.41, 5.74) is 0.604. The van der Waals surface area contributed by atoms with Gasteiger partial charge in [0.15, 0.2) is 0 Å². The van der Waals surface area contributed by atoms with Crippen LogP contribution in [0.1, 0.15) is 10.4 Å². The van der Waals surface area contributed by atoms with Crippen LogP contribution >= 0.6 is 0 Å². The van der Waals surface area contributed by atoms with Gasteiger partial charge >= 0.3 is 0 Å². The summed E-state index contributed by atoms with van der Waals surface area (Å²) < 4.78 is 0. The largest absolute Gasteiger partial charge is 0.395 e. The fourth-order valence-electron chi connectivity index (χ4n) is 3.65. The molecule has 0 spiro atoms. The van der Waals surface area contributed by atoms with E-state index in [4.69, 9.17) is 0 Å². The minimum Gasteiger partial charge on any atom is -0.395 e. The molecule has 0 atom stereocenters. The number of carbonyl (C=O) groups is 1. The maximum absolute atomic E-state index is 13.0. The molecule has 4 nitrogen and oxygen atoms in total. The molecule has 0 fully saturated rings. The van der Waals surface area contributed by atoms with Crippen LogP contribution in [-0.2, 0) is 0 Å². The van der Waals surface area contributed by atoms with Crippen LogP contribution in [-0.4, -0.2) is 47.3 Å². The standard InChI is InChI=1S/C21H19NO3/c23-12-10-22(11-13-24)21(25)18-9-7-16-5-4-14-2-1-3-15-6-8-17(18)20(16)19(14)15/h1-9,23-24H,10-13H2. The predicted molar refractivity (Wildman–Crippen MR) is 100 cm³/mol. The summed E-state index contributed by atoms with van der Waals surface area (Å²) in [6, 6.07) is 18.2. The molecule has 2 N–H and O–H groups in total. The van der Waals surface area contributed by atoms with Gasteiger partial charge in [0.1, 0.15) is 0 Å². The number of nitrogens with zero attached hydrogens (tertiary/aromatic N) is 1. The van der Waals surface area contributed by atoms with Gasteiger partial charge in [0.25, 0.3) is 5.91 Å². The molecule has 1 amide bonds. The molecule has 0 aliphatic carbocycles. The Morgan fingerprint density at radius 2 is 1.32 bits per heavy atom. The fourth-order valence-corrected chi connectivity index (χ4v) is 3.65. The molecule has 4 heteroatoms. The molecule has 0 aromatic heterocycles.